The Morgan fingerprint density at radius 1 is 1.43 bits per heavy atom. The number of rotatable bonds is 4. The fourth-order valence-corrected chi connectivity index (χ4v) is 2.20. The van der Waals surface area contributed by atoms with Crippen LogP contribution in [0.25, 0.3) is 0 Å². The molecule has 0 bridgehead atoms. The number of carbonyl (C=O) groups is 1. The van der Waals surface area contributed by atoms with Crippen LogP contribution >= 0.6 is 0 Å². The van der Waals surface area contributed by atoms with Crippen LogP contribution < -0.4 is 5.73 Å². The number of hydrogen-bond donors (Lipinski definition) is 2. The smallest absolute Gasteiger partial charge is 0.307 e. The molecule has 0 heterocycles. The Balaban J connectivity index is 2.31. The second-order valence-electron chi connectivity index (χ2n) is 4.53. The molecule has 2 atom stereocenters. The van der Waals surface area contributed by atoms with Crippen LogP contribution in [-0.4, -0.2) is 17.1 Å². The molecule has 2 unspecified atom stereocenters. The van der Waals surface area contributed by atoms with Gasteiger partial charge < -0.3 is 10.8 Å². The Bertz CT molecular complexity index is 188. The van der Waals surface area contributed by atoms with Crippen LogP contribution in [0.15, 0.2) is 0 Å². The SMILES string of the molecule is CC(C(=O)O)C(N)CC1CCCCC1. The van der Waals surface area contributed by atoms with Crippen molar-refractivity contribution in [3.63, 3.8) is 0 Å². The summed E-state index contributed by atoms with van der Waals surface area (Å²) in [4.78, 5) is 10.7. The molecule has 3 N–H and O–H groups in total. The van der Waals surface area contributed by atoms with Gasteiger partial charge in [0, 0.05) is 6.04 Å². The molecule has 0 aliphatic heterocycles. The predicted octanol–water partition coefficient (Wildman–Crippen LogP) is 2.00. The van der Waals surface area contributed by atoms with Crippen LogP contribution in [0.2, 0.25) is 0 Å². The maximum Gasteiger partial charge on any atom is 0.307 e. The molecule has 82 valence electrons. The first-order valence-electron chi connectivity index (χ1n) is 5.59. The summed E-state index contributed by atoms with van der Waals surface area (Å²) in [6, 6.07) is -0.171. The van der Waals surface area contributed by atoms with Crippen LogP contribution in [0, 0.1) is 11.8 Å². The molecule has 1 fully saturated rings. The van der Waals surface area contributed by atoms with E-state index in [1.54, 1.807) is 6.92 Å². The second-order valence-corrected chi connectivity index (χ2v) is 4.53. The summed E-state index contributed by atoms with van der Waals surface area (Å²) in [5, 5.41) is 8.80. The summed E-state index contributed by atoms with van der Waals surface area (Å²) < 4.78 is 0. The van der Waals surface area contributed by atoms with Crippen molar-refractivity contribution in [1.82, 2.24) is 0 Å². The average molecular weight is 199 g/mol. The third kappa shape index (κ3) is 3.29. The van der Waals surface area contributed by atoms with Crippen LogP contribution in [-0.2, 0) is 4.79 Å². The minimum atomic E-state index is -0.770. The van der Waals surface area contributed by atoms with Gasteiger partial charge in [0.25, 0.3) is 0 Å². The third-order valence-electron chi connectivity index (χ3n) is 3.36. The van der Waals surface area contributed by atoms with E-state index in [1.165, 1.54) is 32.1 Å². The summed E-state index contributed by atoms with van der Waals surface area (Å²) in [7, 11) is 0. The van der Waals surface area contributed by atoms with Gasteiger partial charge in [-0.3, -0.25) is 4.79 Å². The van der Waals surface area contributed by atoms with Gasteiger partial charge in [0.1, 0.15) is 0 Å². The summed E-state index contributed by atoms with van der Waals surface area (Å²) >= 11 is 0. The molecular formula is C11H21NO2. The Kier molecular flexibility index (Phi) is 4.39. The van der Waals surface area contributed by atoms with Crippen LogP contribution in [0.3, 0.4) is 0 Å². The van der Waals surface area contributed by atoms with Crippen LogP contribution in [0.4, 0.5) is 0 Å². The monoisotopic (exact) mass is 199 g/mol. The van der Waals surface area contributed by atoms with Crippen molar-refractivity contribution in [3.05, 3.63) is 0 Å². The first-order valence-corrected chi connectivity index (χ1v) is 5.59. The number of nitrogens with two attached hydrogens (primary N) is 1. The van der Waals surface area contributed by atoms with Gasteiger partial charge >= 0.3 is 5.97 Å². The molecule has 3 nitrogen and oxygen atoms in total. The molecule has 3 heteroatoms. The Morgan fingerprint density at radius 2 is 2.00 bits per heavy atom. The molecule has 0 radical (unpaired) electrons. The summed E-state index contributed by atoms with van der Waals surface area (Å²) in [5.74, 6) is -0.509. The van der Waals surface area contributed by atoms with E-state index in [4.69, 9.17) is 10.8 Å². The van der Waals surface area contributed by atoms with Crippen molar-refractivity contribution in [2.24, 2.45) is 17.6 Å². The summed E-state index contributed by atoms with van der Waals surface area (Å²) in [6.07, 6.45) is 7.27. The lowest BCUT2D eigenvalue weighted by Gasteiger charge is -2.26. The zero-order valence-electron chi connectivity index (χ0n) is 8.91. The molecule has 0 aromatic carbocycles. The van der Waals surface area contributed by atoms with Gasteiger partial charge in [0.05, 0.1) is 5.92 Å². The fourth-order valence-electron chi connectivity index (χ4n) is 2.20. The molecule has 14 heavy (non-hydrogen) atoms. The summed E-state index contributed by atoms with van der Waals surface area (Å²) in [6.45, 7) is 1.70. The van der Waals surface area contributed by atoms with E-state index in [0.29, 0.717) is 5.92 Å². The van der Waals surface area contributed by atoms with E-state index in [1.807, 2.05) is 0 Å². The largest absolute Gasteiger partial charge is 0.481 e. The molecule has 0 amide bonds. The fraction of sp³-hybridized carbons (Fsp3) is 0.909. The van der Waals surface area contributed by atoms with Gasteiger partial charge in [-0.1, -0.05) is 39.0 Å². The van der Waals surface area contributed by atoms with Gasteiger partial charge in [-0.2, -0.15) is 0 Å². The van der Waals surface area contributed by atoms with Gasteiger partial charge in [-0.25, -0.2) is 0 Å². The molecule has 0 aromatic heterocycles. The highest BCUT2D eigenvalue weighted by atomic mass is 16.4. The lowest BCUT2D eigenvalue weighted by Crippen LogP contribution is -2.35. The van der Waals surface area contributed by atoms with Gasteiger partial charge in [-0.15, -0.1) is 0 Å². The number of hydrogen-bond acceptors (Lipinski definition) is 2. The molecule has 0 aromatic rings. The molecule has 0 saturated heterocycles. The third-order valence-corrected chi connectivity index (χ3v) is 3.36. The molecule has 1 aliphatic carbocycles. The van der Waals surface area contributed by atoms with Crippen molar-refractivity contribution in [2.75, 3.05) is 0 Å². The van der Waals surface area contributed by atoms with E-state index in [2.05, 4.69) is 0 Å². The van der Waals surface area contributed by atoms with E-state index < -0.39 is 11.9 Å². The summed E-state index contributed by atoms with van der Waals surface area (Å²) in [5.41, 5.74) is 5.87. The number of carboxylic acid groups (broad SMARTS) is 1. The predicted molar refractivity (Wildman–Crippen MR) is 56.0 cm³/mol. The number of aliphatic carboxylic acids is 1. The molecule has 0 spiro atoms. The van der Waals surface area contributed by atoms with E-state index in [-0.39, 0.29) is 6.04 Å². The first-order chi connectivity index (χ1) is 6.61. The lowest BCUT2D eigenvalue weighted by molar-refractivity contribution is -0.141. The molecular weight excluding hydrogens is 178 g/mol. The maximum absolute atomic E-state index is 10.7. The van der Waals surface area contributed by atoms with Crippen molar-refractivity contribution < 1.29 is 9.90 Å². The molecule has 1 aliphatic rings. The van der Waals surface area contributed by atoms with Gasteiger partial charge in [0.2, 0.25) is 0 Å². The molecule has 1 saturated carbocycles. The highest BCUT2D eigenvalue weighted by Gasteiger charge is 2.24. The zero-order valence-corrected chi connectivity index (χ0v) is 8.91. The van der Waals surface area contributed by atoms with Crippen LogP contribution in [0.5, 0.6) is 0 Å². The van der Waals surface area contributed by atoms with Crippen LogP contribution in [0.1, 0.15) is 45.4 Å². The quantitative estimate of drug-likeness (QED) is 0.728. The van der Waals surface area contributed by atoms with E-state index >= 15 is 0 Å². The minimum Gasteiger partial charge on any atom is -0.481 e. The van der Waals surface area contributed by atoms with E-state index in [0.717, 1.165) is 6.42 Å². The number of carboxylic acids is 1. The van der Waals surface area contributed by atoms with Crippen molar-refractivity contribution in [2.45, 2.75) is 51.5 Å². The standard InChI is InChI=1S/C11H21NO2/c1-8(11(13)14)10(12)7-9-5-3-2-4-6-9/h8-10H,2-7,12H2,1H3,(H,13,14). The average Bonchev–Trinajstić information content (AvgIpc) is 2.18. The topological polar surface area (TPSA) is 63.3 Å². The Labute approximate surface area is 85.7 Å². The van der Waals surface area contributed by atoms with Crippen molar-refractivity contribution in [3.8, 4) is 0 Å². The molecule has 1 rings (SSSR count). The van der Waals surface area contributed by atoms with Gasteiger partial charge in [-0.05, 0) is 12.3 Å². The van der Waals surface area contributed by atoms with Gasteiger partial charge in [0.15, 0.2) is 0 Å². The maximum atomic E-state index is 10.7. The minimum absolute atomic E-state index is 0.171. The Hall–Kier alpha value is -0.570. The zero-order chi connectivity index (χ0) is 10.6. The van der Waals surface area contributed by atoms with Crippen molar-refractivity contribution >= 4 is 5.97 Å². The highest BCUT2D eigenvalue weighted by molar-refractivity contribution is 5.70. The Morgan fingerprint density at radius 3 is 2.50 bits per heavy atom. The van der Waals surface area contributed by atoms with Crippen molar-refractivity contribution in [1.29, 1.82) is 0 Å². The lowest BCUT2D eigenvalue weighted by atomic mass is 9.82. The first kappa shape index (κ1) is 11.5. The highest BCUT2D eigenvalue weighted by Crippen LogP contribution is 2.28. The normalized spacial score (nSPS) is 23.0. The van der Waals surface area contributed by atoms with E-state index in [9.17, 15) is 4.79 Å². The second kappa shape index (κ2) is 5.35.